The van der Waals surface area contributed by atoms with Gasteiger partial charge < -0.3 is 5.32 Å². The molecule has 0 saturated heterocycles. The topological polar surface area (TPSA) is 54.9 Å². The van der Waals surface area contributed by atoms with Crippen LogP contribution in [0.1, 0.15) is 11.1 Å². The molecule has 2 aromatic heterocycles. The van der Waals surface area contributed by atoms with E-state index in [0.29, 0.717) is 10.9 Å². The first-order chi connectivity index (χ1) is 13.1. The summed E-state index contributed by atoms with van der Waals surface area (Å²) in [5, 5.41) is 5.56. The third-order valence-electron chi connectivity index (χ3n) is 3.95. The van der Waals surface area contributed by atoms with Gasteiger partial charge in [-0.25, -0.2) is 9.97 Å². The Balaban J connectivity index is 1.36. The molecule has 0 unspecified atom stereocenters. The lowest BCUT2D eigenvalue weighted by molar-refractivity contribution is -0.113. The first kappa shape index (κ1) is 18.2. The molecule has 7 heteroatoms. The summed E-state index contributed by atoms with van der Waals surface area (Å²) < 4.78 is 1.97. The SMILES string of the molecule is Cc1ccc(-c2csc(SCC(=O)Nc3nc4ccc(C)cc4s3)n2)cc1. The van der Waals surface area contributed by atoms with Gasteiger partial charge in [-0.1, -0.05) is 59.0 Å². The van der Waals surface area contributed by atoms with Crippen molar-refractivity contribution in [1.29, 1.82) is 0 Å². The van der Waals surface area contributed by atoms with Crippen LogP contribution in [0.4, 0.5) is 5.13 Å². The second-order valence-corrected chi connectivity index (χ2v) is 9.30. The molecule has 0 aliphatic carbocycles. The van der Waals surface area contributed by atoms with E-state index in [2.05, 4.69) is 52.5 Å². The number of anilines is 1. The number of nitrogens with one attached hydrogen (secondary N) is 1. The van der Waals surface area contributed by atoms with Crippen LogP contribution in [-0.2, 0) is 4.79 Å². The van der Waals surface area contributed by atoms with Gasteiger partial charge in [0.1, 0.15) is 0 Å². The van der Waals surface area contributed by atoms with Crippen LogP contribution in [0, 0.1) is 13.8 Å². The Morgan fingerprint density at radius 2 is 1.85 bits per heavy atom. The summed E-state index contributed by atoms with van der Waals surface area (Å²) in [4.78, 5) is 21.3. The van der Waals surface area contributed by atoms with Gasteiger partial charge in [0.05, 0.1) is 21.7 Å². The maximum atomic E-state index is 12.3. The molecule has 1 amide bonds. The number of carbonyl (C=O) groups is 1. The molecule has 0 fully saturated rings. The third kappa shape index (κ3) is 4.37. The van der Waals surface area contributed by atoms with Crippen LogP contribution < -0.4 is 5.32 Å². The molecule has 1 N–H and O–H groups in total. The second-order valence-electron chi connectivity index (χ2n) is 6.19. The molecule has 136 valence electrons. The number of thioether (sulfide) groups is 1. The molecule has 4 aromatic rings. The van der Waals surface area contributed by atoms with Gasteiger partial charge in [-0.3, -0.25) is 4.79 Å². The van der Waals surface area contributed by atoms with Crippen LogP contribution in [0.2, 0.25) is 0 Å². The van der Waals surface area contributed by atoms with Gasteiger partial charge in [0, 0.05) is 10.9 Å². The largest absolute Gasteiger partial charge is 0.301 e. The molecule has 0 spiro atoms. The van der Waals surface area contributed by atoms with E-state index < -0.39 is 0 Å². The molecule has 0 bridgehead atoms. The molecule has 0 aliphatic heterocycles. The van der Waals surface area contributed by atoms with Gasteiger partial charge in [-0.2, -0.15) is 0 Å². The maximum Gasteiger partial charge on any atom is 0.236 e. The minimum atomic E-state index is -0.0668. The van der Waals surface area contributed by atoms with Gasteiger partial charge >= 0.3 is 0 Å². The van der Waals surface area contributed by atoms with E-state index in [1.54, 1.807) is 11.3 Å². The molecule has 4 nitrogen and oxygen atoms in total. The van der Waals surface area contributed by atoms with E-state index in [0.717, 1.165) is 25.8 Å². The van der Waals surface area contributed by atoms with E-state index in [1.165, 1.54) is 34.2 Å². The predicted molar refractivity (Wildman–Crippen MR) is 116 cm³/mol. The van der Waals surface area contributed by atoms with Crippen LogP contribution in [0.3, 0.4) is 0 Å². The van der Waals surface area contributed by atoms with Crippen LogP contribution in [0.5, 0.6) is 0 Å². The molecule has 4 rings (SSSR count). The van der Waals surface area contributed by atoms with Crippen LogP contribution in [0.25, 0.3) is 21.5 Å². The van der Waals surface area contributed by atoms with Crippen molar-refractivity contribution in [2.45, 2.75) is 18.2 Å². The van der Waals surface area contributed by atoms with E-state index in [9.17, 15) is 4.79 Å². The lowest BCUT2D eigenvalue weighted by Gasteiger charge is -1.99. The molecule has 0 atom stereocenters. The Morgan fingerprint density at radius 1 is 1.07 bits per heavy atom. The van der Waals surface area contributed by atoms with Crippen molar-refractivity contribution in [1.82, 2.24) is 9.97 Å². The summed E-state index contributed by atoms with van der Waals surface area (Å²) in [6.45, 7) is 4.12. The molecule has 0 radical (unpaired) electrons. The van der Waals surface area contributed by atoms with Crippen LogP contribution in [0.15, 0.2) is 52.2 Å². The second kappa shape index (κ2) is 7.80. The summed E-state index contributed by atoms with van der Waals surface area (Å²) in [5.41, 5.74) is 5.37. The quantitative estimate of drug-likeness (QED) is 0.424. The highest BCUT2D eigenvalue weighted by Gasteiger charge is 2.11. The number of benzene rings is 2. The number of hydrogen-bond acceptors (Lipinski definition) is 6. The summed E-state index contributed by atoms with van der Waals surface area (Å²) in [6, 6.07) is 14.4. The van der Waals surface area contributed by atoms with Crippen molar-refractivity contribution in [3.8, 4) is 11.3 Å². The van der Waals surface area contributed by atoms with Crippen molar-refractivity contribution < 1.29 is 4.79 Å². The fraction of sp³-hybridized carbons (Fsp3) is 0.150. The summed E-state index contributed by atoms with van der Waals surface area (Å²) in [6.07, 6.45) is 0. The highest BCUT2D eigenvalue weighted by Crippen LogP contribution is 2.29. The number of rotatable bonds is 5. The first-order valence-corrected chi connectivity index (χ1v) is 11.1. The first-order valence-electron chi connectivity index (χ1n) is 8.39. The minimum Gasteiger partial charge on any atom is -0.301 e. The Kier molecular flexibility index (Phi) is 5.24. The molecular weight excluding hydrogens is 394 g/mol. The molecular formula is C20H17N3OS3. The minimum absolute atomic E-state index is 0.0668. The molecule has 0 saturated carbocycles. The normalized spacial score (nSPS) is 11.0. The molecule has 2 heterocycles. The average molecular weight is 412 g/mol. The number of fused-ring (bicyclic) bond motifs is 1. The van der Waals surface area contributed by atoms with Crippen molar-refractivity contribution in [2.24, 2.45) is 0 Å². The zero-order chi connectivity index (χ0) is 18.8. The van der Waals surface area contributed by atoms with Gasteiger partial charge in [-0.15, -0.1) is 11.3 Å². The van der Waals surface area contributed by atoms with Crippen molar-refractivity contribution >= 4 is 55.7 Å². The highest BCUT2D eigenvalue weighted by molar-refractivity contribution is 8.01. The molecule has 27 heavy (non-hydrogen) atoms. The van der Waals surface area contributed by atoms with Gasteiger partial charge in [-0.05, 0) is 31.5 Å². The Bertz CT molecular complexity index is 1100. The molecule has 0 aliphatic rings. The number of nitrogens with zero attached hydrogens (tertiary/aromatic N) is 2. The number of aryl methyl sites for hydroxylation is 2. The van der Waals surface area contributed by atoms with Gasteiger partial charge in [0.2, 0.25) is 5.91 Å². The van der Waals surface area contributed by atoms with Crippen molar-refractivity contribution in [2.75, 3.05) is 11.1 Å². The van der Waals surface area contributed by atoms with Crippen molar-refractivity contribution in [3.05, 3.63) is 59.0 Å². The number of hydrogen-bond donors (Lipinski definition) is 1. The standard InChI is InChI=1S/C20H17N3OS3/c1-12-3-6-14(7-4-12)16-10-25-20(22-16)26-11-18(24)23-19-21-15-8-5-13(2)9-17(15)27-19/h3-10H,11H2,1-2H3,(H,21,23,24). The number of aromatic nitrogens is 2. The van der Waals surface area contributed by atoms with Gasteiger partial charge in [0.25, 0.3) is 0 Å². The van der Waals surface area contributed by atoms with Gasteiger partial charge in [0.15, 0.2) is 9.47 Å². The smallest absolute Gasteiger partial charge is 0.236 e. The fourth-order valence-corrected chi connectivity index (χ4v) is 5.16. The Labute approximate surface area is 169 Å². The third-order valence-corrected chi connectivity index (χ3v) is 6.90. The zero-order valence-corrected chi connectivity index (χ0v) is 17.3. The summed E-state index contributed by atoms with van der Waals surface area (Å²) in [7, 11) is 0. The average Bonchev–Trinajstić information content (AvgIpc) is 3.26. The lowest BCUT2D eigenvalue weighted by atomic mass is 10.1. The zero-order valence-electron chi connectivity index (χ0n) is 14.9. The maximum absolute atomic E-state index is 12.3. The Morgan fingerprint density at radius 3 is 2.67 bits per heavy atom. The molecule has 2 aromatic carbocycles. The number of carbonyl (C=O) groups excluding carboxylic acids is 1. The summed E-state index contributed by atoms with van der Waals surface area (Å²) >= 11 is 4.51. The van der Waals surface area contributed by atoms with E-state index in [-0.39, 0.29) is 5.91 Å². The highest BCUT2D eigenvalue weighted by atomic mass is 32.2. The van der Waals surface area contributed by atoms with Crippen LogP contribution >= 0.6 is 34.4 Å². The lowest BCUT2D eigenvalue weighted by Crippen LogP contribution is -2.13. The van der Waals surface area contributed by atoms with E-state index in [1.807, 2.05) is 24.4 Å². The fourth-order valence-electron chi connectivity index (χ4n) is 2.55. The van der Waals surface area contributed by atoms with Crippen molar-refractivity contribution in [3.63, 3.8) is 0 Å². The van der Waals surface area contributed by atoms with Crippen LogP contribution in [-0.4, -0.2) is 21.6 Å². The number of amides is 1. The van der Waals surface area contributed by atoms with E-state index in [4.69, 9.17) is 0 Å². The van der Waals surface area contributed by atoms with E-state index >= 15 is 0 Å². The predicted octanol–water partition coefficient (Wildman–Crippen LogP) is 5.77. The summed E-state index contributed by atoms with van der Waals surface area (Å²) in [5.74, 6) is 0.248. The Hall–Kier alpha value is -2.22. The monoisotopic (exact) mass is 411 g/mol. The number of thiazole rings is 2.